The van der Waals surface area contributed by atoms with E-state index in [1.54, 1.807) is 26.0 Å². The molecule has 134 valence electrons. The molecule has 24 heavy (non-hydrogen) atoms. The van der Waals surface area contributed by atoms with E-state index in [1.165, 1.54) is 19.3 Å². The van der Waals surface area contributed by atoms with E-state index < -0.39 is 0 Å². The van der Waals surface area contributed by atoms with Gasteiger partial charge in [0, 0.05) is 24.3 Å². The van der Waals surface area contributed by atoms with Gasteiger partial charge in [0.25, 0.3) is 0 Å². The van der Waals surface area contributed by atoms with Crippen molar-refractivity contribution in [2.24, 2.45) is 0 Å². The number of rotatable bonds is 9. The third-order valence-electron chi connectivity index (χ3n) is 4.41. The highest BCUT2D eigenvalue weighted by Crippen LogP contribution is 2.43. The third kappa shape index (κ3) is 4.82. The fraction of sp³-hybridized carbons (Fsp3) is 0.632. The highest BCUT2D eigenvalue weighted by Gasteiger charge is 2.32. The lowest BCUT2D eigenvalue weighted by atomic mass is 10.1. The maximum Gasteiger partial charge on any atom is 0.223 e. The van der Waals surface area contributed by atoms with E-state index in [0.717, 1.165) is 42.2 Å². The van der Waals surface area contributed by atoms with Gasteiger partial charge >= 0.3 is 0 Å². The van der Waals surface area contributed by atoms with Crippen LogP contribution in [-0.2, 0) is 4.79 Å². The number of ether oxygens (including phenoxy) is 2. The second-order valence-electron chi connectivity index (χ2n) is 6.08. The number of unbranched alkanes of at least 4 members (excludes halogenated alkanes) is 4. The number of carbonyl (C=O) groups excluding carboxylic acids is 1. The number of hydrogen-bond donors (Lipinski definition) is 0. The highest BCUT2D eigenvalue weighted by atomic mass is 32.2. The van der Waals surface area contributed by atoms with Crippen LogP contribution in [0.25, 0.3) is 0 Å². The Morgan fingerprint density at radius 3 is 2.71 bits per heavy atom. The van der Waals surface area contributed by atoms with Crippen molar-refractivity contribution in [2.45, 2.75) is 50.8 Å². The zero-order chi connectivity index (χ0) is 17.4. The molecule has 1 unspecified atom stereocenters. The molecule has 1 heterocycles. The molecule has 1 saturated heterocycles. The molecule has 2 rings (SSSR count). The number of methoxy groups -OCH3 is 2. The van der Waals surface area contributed by atoms with E-state index in [0.29, 0.717) is 6.42 Å². The zero-order valence-corrected chi connectivity index (χ0v) is 15.9. The summed E-state index contributed by atoms with van der Waals surface area (Å²) in [6, 6.07) is 5.80. The van der Waals surface area contributed by atoms with Crippen LogP contribution < -0.4 is 9.47 Å². The Bertz CT molecular complexity index is 535. The van der Waals surface area contributed by atoms with E-state index in [4.69, 9.17) is 9.47 Å². The minimum Gasteiger partial charge on any atom is -0.497 e. The third-order valence-corrected chi connectivity index (χ3v) is 5.65. The lowest BCUT2D eigenvalue weighted by Crippen LogP contribution is -2.30. The molecule has 1 aromatic carbocycles. The van der Waals surface area contributed by atoms with Gasteiger partial charge in [-0.2, -0.15) is 0 Å². The Morgan fingerprint density at radius 2 is 2.00 bits per heavy atom. The molecule has 1 amide bonds. The first kappa shape index (κ1) is 19.0. The molecular formula is C19H29NO3S. The molecule has 1 atom stereocenters. The molecule has 1 fully saturated rings. The summed E-state index contributed by atoms with van der Waals surface area (Å²) in [4.78, 5) is 14.7. The number of amides is 1. The van der Waals surface area contributed by atoms with Crippen molar-refractivity contribution in [3.8, 4) is 11.5 Å². The van der Waals surface area contributed by atoms with E-state index in [-0.39, 0.29) is 11.3 Å². The van der Waals surface area contributed by atoms with Gasteiger partial charge in [-0.05, 0) is 24.6 Å². The first-order valence-corrected chi connectivity index (χ1v) is 9.89. The van der Waals surface area contributed by atoms with Crippen LogP contribution in [0.5, 0.6) is 11.5 Å². The van der Waals surface area contributed by atoms with Gasteiger partial charge in [0.1, 0.15) is 16.9 Å². The minimum absolute atomic E-state index is 0.0261. The highest BCUT2D eigenvalue weighted by molar-refractivity contribution is 7.99. The zero-order valence-electron chi connectivity index (χ0n) is 15.0. The van der Waals surface area contributed by atoms with Gasteiger partial charge < -0.3 is 14.4 Å². The summed E-state index contributed by atoms with van der Waals surface area (Å²) >= 11 is 1.80. The molecule has 0 aliphatic carbocycles. The number of thioether (sulfide) groups is 1. The smallest absolute Gasteiger partial charge is 0.223 e. The molecule has 0 aromatic heterocycles. The predicted octanol–water partition coefficient (Wildman–Crippen LogP) is 4.64. The summed E-state index contributed by atoms with van der Waals surface area (Å²) < 4.78 is 10.8. The fourth-order valence-corrected chi connectivity index (χ4v) is 4.33. The molecule has 0 radical (unpaired) electrons. The minimum atomic E-state index is 0.0261. The number of nitrogens with zero attached hydrogens (tertiary/aromatic N) is 1. The van der Waals surface area contributed by atoms with Gasteiger partial charge in [-0.1, -0.05) is 32.6 Å². The average molecular weight is 352 g/mol. The lowest BCUT2D eigenvalue weighted by Gasteiger charge is -2.26. The van der Waals surface area contributed by atoms with Crippen molar-refractivity contribution >= 4 is 17.7 Å². The van der Waals surface area contributed by atoms with Crippen molar-refractivity contribution in [1.82, 2.24) is 4.90 Å². The second kappa shape index (κ2) is 9.82. The Kier molecular flexibility index (Phi) is 7.76. The van der Waals surface area contributed by atoms with Crippen LogP contribution in [0.1, 0.15) is 56.4 Å². The van der Waals surface area contributed by atoms with E-state index >= 15 is 0 Å². The van der Waals surface area contributed by atoms with Crippen LogP contribution in [0.2, 0.25) is 0 Å². The van der Waals surface area contributed by atoms with Gasteiger partial charge in [-0.15, -0.1) is 11.8 Å². The molecule has 0 bridgehead atoms. The van der Waals surface area contributed by atoms with Crippen molar-refractivity contribution in [2.75, 3.05) is 26.5 Å². The largest absolute Gasteiger partial charge is 0.497 e. The Balaban J connectivity index is 2.03. The first-order chi connectivity index (χ1) is 11.7. The summed E-state index contributed by atoms with van der Waals surface area (Å²) in [7, 11) is 3.33. The second-order valence-corrected chi connectivity index (χ2v) is 7.27. The van der Waals surface area contributed by atoms with E-state index in [9.17, 15) is 4.79 Å². The van der Waals surface area contributed by atoms with Gasteiger partial charge in [-0.3, -0.25) is 4.79 Å². The van der Waals surface area contributed by atoms with Crippen LogP contribution in [0.4, 0.5) is 0 Å². The van der Waals surface area contributed by atoms with E-state index in [2.05, 4.69) is 6.92 Å². The van der Waals surface area contributed by atoms with Crippen LogP contribution in [0.15, 0.2) is 18.2 Å². The quantitative estimate of drug-likeness (QED) is 0.608. The summed E-state index contributed by atoms with van der Waals surface area (Å²) in [6.45, 7) is 3.02. The van der Waals surface area contributed by atoms with Crippen molar-refractivity contribution < 1.29 is 14.3 Å². The molecule has 0 saturated carbocycles. The van der Waals surface area contributed by atoms with Gasteiger partial charge in [0.15, 0.2) is 0 Å². The maximum absolute atomic E-state index is 12.7. The standard InChI is InChI=1S/C19H29NO3S/c1-4-5-6-7-8-9-18(21)20-12-13-24-19(20)16-14-15(22-2)10-11-17(16)23-3/h10-11,14,19H,4-9,12-13H2,1-3H3. The number of hydrogen-bond acceptors (Lipinski definition) is 4. The summed E-state index contributed by atoms with van der Waals surface area (Å²) in [6.07, 6.45) is 6.50. The van der Waals surface area contributed by atoms with Crippen LogP contribution in [-0.4, -0.2) is 37.3 Å². The van der Waals surface area contributed by atoms with Crippen LogP contribution in [0, 0.1) is 0 Å². The van der Waals surface area contributed by atoms with Crippen molar-refractivity contribution in [3.63, 3.8) is 0 Å². The lowest BCUT2D eigenvalue weighted by molar-refractivity contribution is -0.131. The number of benzene rings is 1. The first-order valence-electron chi connectivity index (χ1n) is 8.84. The van der Waals surface area contributed by atoms with Gasteiger partial charge in [-0.25, -0.2) is 0 Å². The topological polar surface area (TPSA) is 38.8 Å². The average Bonchev–Trinajstić information content (AvgIpc) is 3.10. The molecule has 1 aliphatic rings. The van der Waals surface area contributed by atoms with Crippen LogP contribution >= 0.6 is 11.8 Å². The monoisotopic (exact) mass is 351 g/mol. The summed E-state index contributed by atoms with van der Waals surface area (Å²) in [5.41, 5.74) is 1.03. The predicted molar refractivity (Wildman–Crippen MR) is 99.8 cm³/mol. The van der Waals surface area contributed by atoms with Crippen LogP contribution in [0.3, 0.4) is 0 Å². The Morgan fingerprint density at radius 1 is 1.21 bits per heavy atom. The van der Waals surface area contributed by atoms with Gasteiger partial charge in [0.05, 0.1) is 14.2 Å². The molecule has 0 N–H and O–H groups in total. The number of carbonyl (C=O) groups is 1. The molecular weight excluding hydrogens is 322 g/mol. The van der Waals surface area contributed by atoms with Gasteiger partial charge in [0.2, 0.25) is 5.91 Å². The molecule has 1 aromatic rings. The summed E-state index contributed by atoms with van der Waals surface area (Å²) in [5.74, 6) is 2.83. The Hall–Kier alpha value is -1.36. The van der Waals surface area contributed by atoms with E-state index in [1.807, 2.05) is 23.1 Å². The molecule has 0 spiro atoms. The molecule has 4 nitrogen and oxygen atoms in total. The van der Waals surface area contributed by atoms with Crippen molar-refractivity contribution in [3.05, 3.63) is 23.8 Å². The summed E-state index contributed by atoms with van der Waals surface area (Å²) in [5, 5.41) is 0.0261. The SMILES string of the molecule is CCCCCCCC(=O)N1CCSC1c1cc(OC)ccc1OC. The normalized spacial score (nSPS) is 17.1. The fourth-order valence-electron chi connectivity index (χ4n) is 3.04. The maximum atomic E-state index is 12.7. The van der Waals surface area contributed by atoms with Crippen molar-refractivity contribution in [1.29, 1.82) is 0 Å². The Labute approximate surface area is 149 Å². The molecule has 1 aliphatic heterocycles. The molecule has 5 heteroatoms.